The highest BCUT2D eigenvalue weighted by Crippen LogP contribution is 2.39. The lowest BCUT2D eigenvalue weighted by Gasteiger charge is -2.05. The molecule has 4 rings (SSSR count). The molecule has 1 N–H and O–H groups in total. The van der Waals surface area contributed by atoms with Gasteiger partial charge in [-0.2, -0.15) is 0 Å². The van der Waals surface area contributed by atoms with Gasteiger partial charge in [-0.15, -0.1) is 0 Å². The molecule has 0 aliphatic carbocycles. The van der Waals surface area contributed by atoms with Gasteiger partial charge in [-0.25, -0.2) is 0 Å². The molecule has 4 nitrogen and oxygen atoms in total. The highest BCUT2D eigenvalue weighted by molar-refractivity contribution is 9.10. The summed E-state index contributed by atoms with van der Waals surface area (Å²) in [5.41, 5.74) is 5.03. The summed E-state index contributed by atoms with van der Waals surface area (Å²) in [6, 6.07) is 11.5. The number of carbonyl (C=O) groups excluding carboxylic acids is 2. The lowest BCUT2D eigenvalue weighted by Crippen LogP contribution is -2.03. The van der Waals surface area contributed by atoms with Crippen molar-refractivity contribution in [1.82, 2.24) is 4.57 Å². The van der Waals surface area contributed by atoms with Crippen molar-refractivity contribution in [2.24, 2.45) is 0 Å². The van der Waals surface area contributed by atoms with E-state index in [-0.39, 0.29) is 11.8 Å². The van der Waals surface area contributed by atoms with Gasteiger partial charge >= 0.3 is 0 Å². The Morgan fingerprint density at radius 2 is 1.96 bits per heavy atom. The number of rotatable bonds is 1. The standard InChI is InChI=1S/C20H15BrN2O2/c1-11-16(21)7-8-17-19(11)15(20(25)22-17)9-13-10-23(12(2)24)18-6-4-3-5-14(13)18/h3-10H,1-2H3,(H,22,25). The molecule has 5 heteroatoms. The first kappa shape index (κ1) is 15.8. The van der Waals surface area contributed by atoms with Gasteiger partial charge < -0.3 is 5.32 Å². The summed E-state index contributed by atoms with van der Waals surface area (Å²) in [4.78, 5) is 24.4. The number of fused-ring (bicyclic) bond motifs is 2. The molecule has 1 aliphatic heterocycles. The molecule has 1 aliphatic rings. The molecule has 0 saturated heterocycles. The largest absolute Gasteiger partial charge is 0.321 e. The van der Waals surface area contributed by atoms with E-state index < -0.39 is 0 Å². The van der Waals surface area contributed by atoms with E-state index in [9.17, 15) is 9.59 Å². The van der Waals surface area contributed by atoms with Gasteiger partial charge in [0.15, 0.2) is 0 Å². The Labute approximate surface area is 153 Å². The zero-order valence-electron chi connectivity index (χ0n) is 13.8. The van der Waals surface area contributed by atoms with Gasteiger partial charge in [0, 0.05) is 45.4 Å². The first-order valence-electron chi connectivity index (χ1n) is 7.91. The van der Waals surface area contributed by atoms with Crippen molar-refractivity contribution in [3.05, 3.63) is 63.8 Å². The average Bonchev–Trinajstić information content (AvgIpc) is 3.11. The van der Waals surface area contributed by atoms with Crippen LogP contribution in [-0.2, 0) is 4.79 Å². The minimum Gasteiger partial charge on any atom is -0.321 e. The normalized spacial score (nSPS) is 14.8. The number of nitrogens with one attached hydrogen (secondary N) is 1. The molecule has 2 aromatic carbocycles. The molecule has 2 heterocycles. The Balaban J connectivity index is 1.97. The summed E-state index contributed by atoms with van der Waals surface area (Å²) in [6.07, 6.45) is 3.65. The van der Waals surface area contributed by atoms with Gasteiger partial charge in [0.2, 0.25) is 5.91 Å². The molecule has 124 valence electrons. The van der Waals surface area contributed by atoms with Crippen molar-refractivity contribution in [3.63, 3.8) is 0 Å². The summed E-state index contributed by atoms with van der Waals surface area (Å²) >= 11 is 3.53. The first-order valence-corrected chi connectivity index (χ1v) is 8.70. The first-order chi connectivity index (χ1) is 12.0. The number of amides is 1. The highest BCUT2D eigenvalue weighted by Gasteiger charge is 2.27. The second-order valence-corrected chi connectivity index (χ2v) is 6.95. The van der Waals surface area contributed by atoms with Crippen LogP contribution in [0.3, 0.4) is 0 Å². The third kappa shape index (κ3) is 2.43. The molecule has 3 aromatic rings. The number of anilines is 1. The lowest BCUT2D eigenvalue weighted by atomic mass is 9.99. The predicted octanol–water partition coefficient (Wildman–Crippen LogP) is 4.87. The molecule has 1 amide bonds. The molecular formula is C20H15BrN2O2. The van der Waals surface area contributed by atoms with Gasteiger partial charge in [0.1, 0.15) is 0 Å². The third-order valence-corrected chi connectivity index (χ3v) is 5.40. The topological polar surface area (TPSA) is 51.1 Å². The van der Waals surface area contributed by atoms with Gasteiger partial charge in [-0.1, -0.05) is 34.1 Å². The van der Waals surface area contributed by atoms with Crippen molar-refractivity contribution in [1.29, 1.82) is 0 Å². The van der Waals surface area contributed by atoms with E-state index in [1.807, 2.05) is 49.4 Å². The molecule has 0 fully saturated rings. The fourth-order valence-electron chi connectivity index (χ4n) is 3.32. The van der Waals surface area contributed by atoms with Crippen molar-refractivity contribution in [2.75, 3.05) is 5.32 Å². The third-order valence-electron chi connectivity index (χ3n) is 4.54. The van der Waals surface area contributed by atoms with Crippen LogP contribution < -0.4 is 5.32 Å². The Bertz CT molecular complexity index is 1090. The summed E-state index contributed by atoms with van der Waals surface area (Å²) in [5.74, 6) is -0.188. The fourth-order valence-corrected chi connectivity index (χ4v) is 3.65. The van der Waals surface area contributed by atoms with Gasteiger partial charge in [0.25, 0.3) is 5.91 Å². The Morgan fingerprint density at radius 3 is 2.72 bits per heavy atom. The van der Waals surface area contributed by atoms with Crippen LogP contribution in [-0.4, -0.2) is 16.4 Å². The minimum absolute atomic E-state index is 0.0592. The van der Waals surface area contributed by atoms with E-state index in [1.165, 1.54) is 6.92 Å². The molecule has 0 radical (unpaired) electrons. The zero-order chi connectivity index (χ0) is 17.7. The lowest BCUT2D eigenvalue weighted by molar-refractivity contribution is -0.110. The van der Waals surface area contributed by atoms with E-state index >= 15 is 0 Å². The van der Waals surface area contributed by atoms with Crippen LogP contribution in [0.2, 0.25) is 0 Å². The molecule has 0 spiro atoms. The predicted molar refractivity (Wildman–Crippen MR) is 104 cm³/mol. The van der Waals surface area contributed by atoms with E-state index in [2.05, 4.69) is 21.2 Å². The maximum Gasteiger partial charge on any atom is 0.256 e. The van der Waals surface area contributed by atoms with Gasteiger partial charge in [-0.05, 0) is 36.8 Å². The monoisotopic (exact) mass is 394 g/mol. The van der Waals surface area contributed by atoms with Crippen molar-refractivity contribution in [2.45, 2.75) is 13.8 Å². The smallest absolute Gasteiger partial charge is 0.256 e. The van der Waals surface area contributed by atoms with E-state index in [1.54, 1.807) is 10.8 Å². The fraction of sp³-hybridized carbons (Fsp3) is 0.100. The SMILES string of the molecule is CC(=O)n1cc(C=C2C(=O)Nc3ccc(Br)c(C)c32)c2ccccc21. The number of nitrogens with zero attached hydrogens (tertiary/aromatic N) is 1. The van der Waals surface area contributed by atoms with E-state index in [4.69, 9.17) is 0 Å². The van der Waals surface area contributed by atoms with Gasteiger partial charge in [0.05, 0.1) is 5.52 Å². The van der Waals surface area contributed by atoms with Crippen LogP contribution in [0, 0.1) is 6.92 Å². The maximum absolute atomic E-state index is 12.5. The summed E-state index contributed by atoms with van der Waals surface area (Å²) in [5, 5.41) is 3.86. The maximum atomic E-state index is 12.5. The number of halogens is 1. The molecule has 0 bridgehead atoms. The Kier molecular flexibility index (Phi) is 3.62. The van der Waals surface area contributed by atoms with Crippen molar-refractivity contribution in [3.8, 4) is 0 Å². The number of para-hydroxylation sites is 1. The van der Waals surface area contributed by atoms with Gasteiger partial charge in [-0.3, -0.25) is 14.2 Å². The molecule has 25 heavy (non-hydrogen) atoms. The summed E-state index contributed by atoms with van der Waals surface area (Å²) in [7, 11) is 0. The van der Waals surface area contributed by atoms with Crippen LogP contribution >= 0.6 is 15.9 Å². The number of hydrogen-bond donors (Lipinski definition) is 1. The molecular weight excluding hydrogens is 380 g/mol. The van der Waals surface area contributed by atoms with Crippen LogP contribution in [0.5, 0.6) is 0 Å². The van der Waals surface area contributed by atoms with Crippen molar-refractivity contribution < 1.29 is 9.59 Å². The second-order valence-electron chi connectivity index (χ2n) is 6.10. The number of carbonyl (C=O) groups is 2. The number of benzene rings is 2. The number of hydrogen-bond acceptors (Lipinski definition) is 2. The highest BCUT2D eigenvalue weighted by atomic mass is 79.9. The molecule has 0 saturated carbocycles. The summed E-state index contributed by atoms with van der Waals surface area (Å²) in [6.45, 7) is 3.51. The molecule has 1 aromatic heterocycles. The van der Waals surface area contributed by atoms with E-state index in [0.717, 1.165) is 37.8 Å². The summed E-state index contributed by atoms with van der Waals surface area (Å²) < 4.78 is 2.57. The van der Waals surface area contributed by atoms with Crippen LogP contribution in [0.4, 0.5) is 5.69 Å². The number of aromatic nitrogens is 1. The van der Waals surface area contributed by atoms with Crippen LogP contribution in [0.25, 0.3) is 22.6 Å². The Hall–Kier alpha value is -2.66. The quantitative estimate of drug-likeness (QED) is 0.598. The van der Waals surface area contributed by atoms with Crippen molar-refractivity contribution >= 4 is 56.0 Å². The minimum atomic E-state index is -0.129. The van der Waals surface area contributed by atoms with E-state index in [0.29, 0.717) is 5.57 Å². The second kappa shape index (κ2) is 5.70. The molecule has 0 unspecified atom stereocenters. The average molecular weight is 395 g/mol. The zero-order valence-corrected chi connectivity index (χ0v) is 15.3. The molecule has 0 atom stereocenters. The van der Waals surface area contributed by atoms with Crippen LogP contribution in [0.1, 0.15) is 28.4 Å². The van der Waals surface area contributed by atoms with Crippen LogP contribution in [0.15, 0.2) is 47.1 Å². The Morgan fingerprint density at radius 1 is 1.20 bits per heavy atom.